The maximum Gasteiger partial charge on any atom is 0.416 e. The van der Waals surface area contributed by atoms with Gasteiger partial charge in [0, 0.05) is 17.2 Å². The fraction of sp³-hybridized carbons (Fsp3) is 0.235. The van der Waals surface area contributed by atoms with Crippen LogP contribution in [0, 0.1) is 0 Å². The summed E-state index contributed by atoms with van der Waals surface area (Å²) in [5, 5.41) is 0. The molecule has 11 heteroatoms. The van der Waals surface area contributed by atoms with Gasteiger partial charge in [0.1, 0.15) is 24.4 Å². The maximum atomic E-state index is 13.0. The number of carbonyl (C=O) groups excluding carboxylic acids is 1. The van der Waals surface area contributed by atoms with Gasteiger partial charge in [-0.1, -0.05) is 0 Å². The Labute approximate surface area is 152 Å². The minimum absolute atomic E-state index is 0.187. The lowest BCUT2D eigenvalue weighted by atomic mass is 10.0. The van der Waals surface area contributed by atoms with Crippen LogP contribution in [-0.2, 0) is 19.0 Å². The monoisotopic (exact) mass is 414 g/mol. The van der Waals surface area contributed by atoms with E-state index >= 15 is 0 Å². The van der Waals surface area contributed by atoms with Crippen LogP contribution < -0.4 is 9.47 Å². The molecule has 0 radical (unpaired) electrons. The minimum Gasteiger partial charge on any atom is -0.489 e. The molecule has 0 saturated carbocycles. The smallest absolute Gasteiger partial charge is 0.416 e. The largest absolute Gasteiger partial charge is 0.489 e. The topological polar surface area (TPSA) is 35.5 Å². The summed E-state index contributed by atoms with van der Waals surface area (Å²) < 4.78 is 111. The zero-order valence-electron chi connectivity index (χ0n) is 13.6. The second-order valence-corrected chi connectivity index (χ2v) is 5.39. The van der Waals surface area contributed by atoms with E-state index in [-0.39, 0.29) is 35.8 Å². The Morgan fingerprint density at radius 2 is 1.54 bits per heavy atom. The third-order valence-electron chi connectivity index (χ3n) is 3.40. The van der Waals surface area contributed by atoms with E-state index in [2.05, 4.69) is 4.74 Å². The minimum atomic E-state index is -4.95. The van der Waals surface area contributed by atoms with Crippen molar-refractivity contribution in [2.75, 3.05) is 0 Å². The van der Waals surface area contributed by atoms with Gasteiger partial charge in [0.2, 0.25) is 0 Å². The number of hydrogen-bond acceptors (Lipinski definition) is 3. The van der Waals surface area contributed by atoms with E-state index in [1.807, 2.05) is 0 Å². The zero-order valence-corrected chi connectivity index (χ0v) is 13.6. The van der Waals surface area contributed by atoms with Crippen molar-refractivity contribution in [1.82, 2.24) is 0 Å². The average Bonchev–Trinajstić information content (AvgIpc) is 2.57. The van der Waals surface area contributed by atoms with E-state index < -0.39 is 48.0 Å². The van der Waals surface area contributed by atoms with Crippen LogP contribution in [0.4, 0.5) is 35.1 Å². The van der Waals surface area contributed by atoms with Crippen LogP contribution in [0.3, 0.4) is 0 Å². The Morgan fingerprint density at radius 1 is 0.893 bits per heavy atom. The first-order chi connectivity index (χ1) is 12.9. The van der Waals surface area contributed by atoms with Crippen molar-refractivity contribution >= 4 is 6.29 Å². The number of rotatable bonds is 6. The van der Waals surface area contributed by atoms with Gasteiger partial charge < -0.3 is 9.47 Å². The van der Waals surface area contributed by atoms with E-state index in [4.69, 9.17) is 4.74 Å². The summed E-state index contributed by atoms with van der Waals surface area (Å²) in [7, 11) is 0. The lowest BCUT2D eigenvalue weighted by molar-refractivity contribution is -0.142. The molecule has 0 fully saturated rings. The van der Waals surface area contributed by atoms with Crippen molar-refractivity contribution in [2.45, 2.75) is 25.6 Å². The highest BCUT2D eigenvalue weighted by Gasteiger charge is 2.37. The molecule has 152 valence electrons. The van der Waals surface area contributed by atoms with Crippen LogP contribution in [0.1, 0.15) is 27.0 Å². The van der Waals surface area contributed by atoms with Crippen molar-refractivity contribution in [3.8, 4) is 11.5 Å². The molecule has 0 unspecified atom stereocenters. The lowest BCUT2D eigenvalue weighted by Crippen LogP contribution is -2.14. The maximum absolute atomic E-state index is 13.0. The fourth-order valence-electron chi connectivity index (χ4n) is 2.24. The van der Waals surface area contributed by atoms with Gasteiger partial charge in [-0.25, -0.2) is 0 Å². The second kappa shape index (κ2) is 8.03. The molecule has 2 aromatic carbocycles. The highest BCUT2D eigenvalue weighted by Crippen LogP contribution is 2.37. The predicted molar refractivity (Wildman–Crippen MR) is 79.2 cm³/mol. The normalized spacial score (nSPS) is 12.2. The summed E-state index contributed by atoms with van der Waals surface area (Å²) in [4.78, 5) is 10.8. The molecule has 0 aliphatic rings. The van der Waals surface area contributed by atoms with Crippen molar-refractivity contribution in [2.24, 2.45) is 0 Å². The van der Waals surface area contributed by atoms with Crippen molar-refractivity contribution in [3.05, 3.63) is 58.7 Å². The molecule has 0 aromatic heterocycles. The quantitative estimate of drug-likeness (QED) is 0.448. The summed E-state index contributed by atoms with van der Waals surface area (Å²) >= 11 is 0. The number of carbonyl (C=O) groups is 1. The molecule has 2 rings (SSSR count). The number of halogens is 8. The summed E-state index contributed by atoms with van der Waals surface area (Å²) in [5.41, 5.74) is -3.68. The fourth-order valence-corrected chi connectivity index (χ4v) is 2.24. The summed E-state index contributed by atoms with van der Waals surface area (Å²) in [5.74, 6) is -0.847. The second-order valence-electron chi connectivity index (χ2n) is 5.39. The van der Waals surface area contributed by atoms with E-state index in [0.29, 0.717) is 0 Å². The van der Waals surface area contributed by atoms with Crippen molar-refractivity contribution in [1.29, 1.82) is 0 Å². The molecule has 0 saturated heterocycles. The van der Waals surface area contributed by atoms with Crippen molar-refractivity contribution in [3.63, 3.8) is 0 Å². The SMILES string of the molecule is O=Cc1cc(OCc2cc(C(F)(F)F)ccc2C(F)(F)F)cc(OC(F)F)c1. The van der Waals surface area contributed by atoms with Gasteiger partial charge in [0.15, 0.2) is 0 Å². The van der Waals surface area contributed by atoms with Gasteiger partial charge in [-0.2, -0.15) is 35.1 Å². The number of ether oxygens (including phenoxy) is 2. The molecule has 0 N–H and O–H groups in total. The summed E-state index contributed by atoms with van der Waals surface area (Å²) in [6.07, 6.45) is -9.58. The molecule has 0 aliphatic heterocycles. The summed E-state index contributed by atoms with van der Waals surface area (Å²) in [6, 6.07) is 3.63. The molecule has 28 heavy (non-hydrogen) atoms. The highest BCUT2D eigenvalue weighted by molar-refractivity contribution is 5.76. The third kappa shape index (κ3) is 5.57. The molecule has 0 amide bonds. The highest BCUT2D eigenvalue weighted by atomic mass is 19.4. The standard InChI is InChI=1S/C17H10F8O3/c18-15(19)28-13-4-9(7-26)3-12(6-13)27-8-10-5-11(16(20,21)22)1-2-14(10)17(23,24)25/h1-7,15H,8H2. The van der Waals surface area contributed by atoms with Crippen LogP contribution >= 0.6 is 0 Å². The molecule has 0 heterocycles. The number of alkyl halides is 8. The van der Waals surface area contributed by atoms with Crippen molar-refractivity contribution < 1.29 is 49.4 Å². The first-order valence-corrected chi connectivity index (χ1v) is 7.35. The van der Waals surface area contributed by atoms with Crippen LogP contribution in [0.5, 0.6) is 11.5 Å². The zero-order chi connectivity index (χ0) is 21.1. The first kappa shape index (κ1) is 21.5. The molecule has 0 bridgehead atoms. The predicted octanol–water partition coefficient (Wildman–Crippen LogP) is 5.72. The Hall–Kier alpha value is -2.85. The van der Waals surface area contributed by atoms with E-state index in [1.165, 1.54) is 0 Å². The number of aldehydes is 1. The van der Waals surface area contributed by atoms with Crippen LogP contribution in [0.15, 0.2) is 36.4 Å². The van der Waals surface area contributed by atoms with Crippen LogP contribution in [0.2, 0.25) is 0 Å². The molecule has 0 aliphatic carbocycles. The van der Waals surface area contributed by atoms with E-state index in [9.17, 15) is 39.9 Å². The van der Waals surface area contributed by atoms with Gasteiger partial charge in [-0.15, -0.1) is 0 Å². The van der Waals surface area contributed by atoms with Gasteiger partial charge in [-0.05, 0) is 30.3 Å². The van der Waals surface area contributed by atoms with E-state index in [0.717, 1.165) is 18.2 Å². The Balaban J connectivity index is 2.36. The molecule has 0 atom stereocenters. The Morgan fingerprint density at radius 3 is 2.07 bits per heavy atom. The van der Waals surface area contributed by atoms with Gasteiger partial charge in [0.05, 0.1) is 11.1 Å². The third-order valence-corrected chi connectivity index (χ3v) is 3.40. The van der Waals surface area contributed by atoms with Gasteiger partial charge >= 0.3 is 19.0 Å². The Kier molecular flexibility index (Phi) is 6.15. The average molecular weight is 414 g/mol. The van der Waals surface area contributed by atoms with E-state index in [1.54, 1.807) is 0 Å². The lowest BCUT2D eigenvalue weighted by Gasteiger charge is -2.17. The first-order valence-electron chi connectivity index (χ1n) is 7.35. The molecule has 2 aromatic rings. The molecular formula is C17H10F8O3. The molecule has 0 spiro atoms. The van der Waals surface area contributed by atoms with Gasteiger partial charge in [0.25, 0.3) is 0 Å². The summed E-state index contributed by atoms with van der Waals surface area (Å²) in [6.45, 7) is -4.20. The van der Waals surface area contributed by atoms with Gasteiger partial charge in [-0.3, -0.25) is 4.79 Å². The Bertz CT molecular complexity index is 843. The number of benzene rings is 2. The van der Waals surface area contributed by atoms with Crippen LogP contribution in [0.25, 0.3) is 0 Å². The van der Waals surface area contributed by atoms with Crippen LogP contribution in [-0.4, -0.2) is 12.9 Å². The number of hydrogen-bond donors (Lipinski definition) is 0. The molecule has 3 nitrogen and oxygen atoms in total. The molecular weight excluding hydrogens is 404 g/mol.